The molecule has 1 unspecified atom stereocenters. The largest absolute Gasteiger partial charge is 0.324 e. The molecule has 1 aliphatic heterocycles. The average Bonchev–Trinajstić information content (AvgIpc) is 2.92. The van der Waals surface area contributed by atoms with Crippen LogP contribution in [0.4, 0.5) is 20.2 Å². The Hall–Kier alpha value is -1.99. The number of benzene rings is 2. The zero-order valence-electron chi connectivity index (χ0n) is 12.7. The fraction of sp³-hybridized carbons (Fsp3) is 0.176. The molecule has 2 amide bonds. The molecule has 25 heavy (non-hydrogen) atoms. The lowest BCUT2D eigenvalue weighted by Gasteiger charge is -2.17. The molecule has 1 fully saturated rings. The molecule has 0 bridgehead atoms. The van der Waals surface area contributed by atoms with E-state index in [0.29, 0.717) is 16.8 Å². The number of hydrogen-bond donors (Lipinski definition) is 1. The number of rotatable bonds is 3. The number of nitrogens with zero attached hydrogens (tertiary/aromatic N) is 1. The maximum Gasteiger partial charge on any atom is 0.229 e. The molecule has 1 N–H and O–H groups in total. The van der Waals surface area contributed by atoms with Crippen LogP contribution < -0.4 is 10.2 Å². The van der Waals surface area contributed by atoms with Crippen molar-refractivity contribution in [2.75, 3.05) is 16.8 Å². The van der Waals surface area contributed by atoms with E-state index in [1.807, 2.05) is 0 Å². The van der Waals surface area contributed by atoms with Gasteiger partial charge in [0, 0.05) is 23.5 Å². The van der Waals surface area contributed by atoms with Crippen molar-refractivity contribution in [2.45, 2.75) is 6.42 Å². The van der Waals surface area contributed by atoms with Crippen molar-refractivity contribution in [3.63, 3.8) is 0 Å². The maximum atomic E-state index is 13.9. The molecule has 130 valence electrons. The van der Waals surface area contributed by atoms with Crippen molar-refractivity contribution in [3.05, 3.63) is 57.5 Å². The zero-order chi connectivity index (χ0) is 18.1. The predicted octanol–water partition coefficient (Wildman–Crippen LogP) is 4.37. The quantitative estimate of drug-likeness (QED) is 0.787. The summed E-state index contributed by atoms with van der Waals surface area (Å²) >= 11 is 9.33. The second kappa shape index (κ2) is 7.09. The molecule has 1 saturated heterocycles. The van der Waals surface area contributed by atoms with E-state index in [2.05, 4.69) is 21.2 Å². The summed E-state index contributed by atoms with van der Waals surface area (Å²) in [5.41, 5.74) is 0.386. The summed E-state index contributed by atoms with van der Waals surface area (Å²) < 4.78 is 27.7. The predicted molar refractivity (Wildman–Crippen MR) is 94.6 cm³/mol. The smallest absolute Gasteiger partial charge is 0.229 e. The Labute approximate surface area is 155 Å². The van der Waals surface area contributed by atoms with Crippen LogP contribution in [0.3, 0.4) is 0 Å². The van der Waals surface area contributed by atoms with Crippen molar-refractivity contribution in [2.24, 2.45) is 5.92 Å². The molecule has 1 heterocycles. The van der Waals surface area contributed by atoms with Crippen molar-refractivity contribution in [3.8, 4) is 0 Å². The van der Waals surface area contributed by atoms with Crippen LogP contribution in [0.2, 0.25) is 5.02 Å². The van der Waals surface area contributed by atoms with Crippen molar-refractivity contribution in [1.29, 1.82) is 0 Å². The summed E-state index contributed by atoms with van der Waals surface area (Å²) in [7, 11) is 0. The first-order valence-corrected chi connectivity index (χ1v) is 8.53. The monoisotopic (exact) mass is 428 g/mol. The van der Waals surface area contributed by atoms with Crippen LogP contribution in [-0.4, -0.2) is 18.4 Å². The number of carbonyl (C=O) groups excluding carboxylic acids is 2. The van der Waals surface area contributed by atoms with Gasteiger partial charge in [0.2, 0.25) is 11.8 Å². The number of hydrogen-bond acceptors (Lipinski definition) is 2. The molecule has 2 aromatic rings. The van der Waals surface area contributed by atoms with E-state index in [-0.39, 0.29) is 24.6 Å². The van der Waals surface area contributed by atoms with Gasteiger partial charge in [-0.1, -0.05) is 27.5 Å². The van der Waals surface area contributed by atoms with Crippen molar-refractivity contribution in [1.82, 2.24) is 0 Å². The van der Waals surface area contributed by atoms with Crippen LogP contribution in [-0.2, 0) is 9.59 Å². The third-order valence-electron chi connectivity index (χ3n) is 3.89. The molecule has 0 radical (unpaired) electrons. The molecule has 1 aliphatic rings. The van der Waals surface area contributed by atoms with Crippen LogP contribution in [0, 0.1) is 17.6 Å². The van der Waals surface area contributed by atoms with E-state index in [1.54, 1.807) is 18.2 Å². The highest BCUT2D eigenvalue weighted by atomic mass is 79.9. The molecule has 0 aliphatic carbocycles. The van der Waals surface area contributed by atoms with E-state index < -0.39 is 23.5 Å². The van der Waals surface area contributed by atoms with Gasteiger partial charge in [0.1, 0.15) is 11.6 Å². The molecule has 0 aromatic heterocycles. The second-order valence-corrected chi connectivity index (χ2v) is 6.94. The van der Waals surface area contributed by atoms with Crippen LogP contribution in [0.15, 0.2) is 40.9 Å². The van der Waals surface area contributed by atoms with Gasteiger partial charge in [0.05, 0.1) is 22.3 Å². The van der Waals surface area contributed by atoms with Gasteiger partial charge in [-0.05, 0) is 30.3 Å². The minimum atomic E-state index is -0.842. The Kier molecular flexibility index (Phi) is 5.06. The minimum absolute atomic E-state index is 0.0152. The van der Waals surface area contributed by atoms with Crippen LogP contribution in [0.5, 0.6) is 0 Å². The first-order chi connectivity index (χ1) is 11.8. The number of carbonyl (C=O) groups is 2. The summed E-state index contributed by atoms with van der Waals surface area (Å²) in [6.07, 6.45) is -0.0587. The Morgan fingerprint density at radius 2 is 2.00 bits per heavy atom. The molecule has 2 aromatic carbocycles. The van der Waals surface area contributed by atoms with Gasteiger partial charge < -0.3 is 10.2 Å². The van der Waals surface area contributed by atoms with Gasteiger partial charge in [0.25, 0.3) is 0 Å². The summed E-state index contributed by atoms with van der Waals surface area (Å²) in [6, 6.07) is 7.96. The number of amides is 2. The van der Waals surface area contributed by atoms with Gasteiger partial charge in [-0.25, -0.2) is 8.78 Å². The zero-order valence-corrected chi connectivity index (χ0v) is 15.1. The lowest BCUT2D eigenvalue weighted by Crippen LogP contribution is -2.28. The van der Waals surface area contributed by atoms with Gasteiger partial charge in [-0.15, -0.1) is 0 Å². The fourth-order valence-corrected chi connectivity index (χ4v) is 3.36. The molecule has 0 saturated carbocycles. The topological polar surface area (TPSA) is 49.4 Å². The van der Waals surface area contributed by atoms with Crippen LogP contribution in [0.25, 0.3) is 0 Å². The van der Waals surface area contributed by atoms with E-state index in [1.165, 1.54) is 6.07 Å². The number of halogens is 4. The normalized spacial score (nSPS) is 17.0. The molecule has 4 nitrogen and oxygen atoms in total. The highest BCUT2D eigenvalue weighted by Gasteiger charge is 2.36. The summed E-state index contributed by atoms with van der Waals surface area (Å²) in [6.45, 7) is 0.0152. The van der Waals surface area contributed by atoms with Crippen molar-refractivity contribution >= 4 is 50.7 Å². The van der Waals surface area contributed by atoms with E-state index in [4.69, 9.17) is 11.6 Å². The highest BCUT2D eigenvalue weighted by molar-refractivity contribution is 9.10. The SMILES string of the molecule is O=C(Nc1ccc(Br)cc1Cl)C1CC(=O)N(c2ccc(F)cc2F)C1. The van der Waals surface area contributed by atoms with Gasteiger partial charge >= 0.3 is 0 Å². The minimum Gasteiger partial charge on any atom is -0.324 e. The molecule has 8 heteroatoms. The van der Waals surface area contributed by atoms with Gasteiger partial charge in [-0.2, -0.15) is 0 Å². The first-order valence-electron chi connectivity index (χ1n) is 7.36. The molecular weight excluding hydrogens is 418 g/mol. The van der Waals surface area contributed by atoms with Crippen molar-refractivity contribution < 1.29 is 18.4 Å². The Bertz CT molecular complexity index is 863. The lowest BCUT2D eigenvalue weighted by molar-refractivity contribution is -0.122. The first kappa shape index (κ1) is 17.8. The van der Waals surface area contributed by atoms with Crippen LogP contribution >= 0.6 is 27.5 Å². The van der Waals surface area contributed by atoms with E-state index in [9.17, 15) is 18.4 Å². The number of anilines is 2. The summed E-state index contributed by atoms with van der Waals surface area (Å²) in [4.78, 5) is 25.7. The molecular formula is C17H12BrClF2N2O2. The third-order valence-corrected chi connectivity index (χ3v) is 4.69. The van der Waals surface area contributed by atoms with Gasteiger partial charge in [0.15, 0.2) is 0 Å². The average molecular weight is 430 g/mol. The van der Waals surface area contributed by atoms with Gasteiger partial charge in [-0.3, -0.25) is 9.59 Å². The maximum absolute atomic E-state index is 13.9. The molecule has 3 rings (SSSR count). The van der Waals surface area contributed by atoms with Crippen LogP contribution in [0.1, 0.15) is 6.42 Å². The number of nitrogens with one attached hydrogen (secondary N) is 1. The fourth-order valence-electron chi connectivity index (χ4n) is 2.64. The van der Waals surface area contributed by atoms with E-state index in [0.717, 1.165) is 15.4 Å². The standard InChI is InChI=1S/C17H12BrClF2N2O2/c18-10-1-3-14(12(19)6-10)22-17(25)9-5-16(24)23(8-9)15-4-2-11(20)7-13(15)21/h1-4,6-7,9H,5,8H2,(H,22,25). The Morgan fingerprint density at radius 1 is 1.24 bits per heavy atom. The summed E-state index contributed by atoms with van der Waals surface area (Å²) in [5.74, 6) is -3.01. The Balaban J connectivity index is 1.74. The lowest BCUT2D eigenvalue weighted by atomic mass is 10.1. The third kappa shape index (κ3) is 3.82. The Morgan fingerprint density at radius 3 is 2.68 bits per heavy atom. The molecule has 0 spiro atoms. The highest BCUT2D eigenvalue weighted by Crippen LogP contribution is 2.30. The second-order valence-electron chi connectivity index (χ2n) is 5.61. The molecule has 1 atom stereocenters. The van der Waals surface area contributed by atoms with E-state index >= 15 is 0 Å². The summed E-state index contributed by atoms with van der Waals surface area (Å²) in [5, 5.41) is 3.03.